The van der Waals surface area contributed by atoms with Crippen LogP contribution in [0.4, 0.5) is 0 Å². The van der Waals surface area contributed by atoms with E-state index in [1.807, 2.05) is 13.0 Å². The molecule has 0 aromatic carbocycles. The average Bonchev–Trinajstić information content (AvgIpc) is 2.83. The summed E-state index contributed by atoms with van der Waals surface area (Å²) < 4.78 is 5.37. The third-order valence-corrected chi connectivity index (χ3v) is 3.62. The van der Waals surface area contributed by atoms with Gasteiger partial charge in [-0.1, -0.05) is 13.8 Å². The van der Waals surface area contributed by atoms with Gasteiger partial charge in [-0.3, -0.25) is 0 Å². The lowest BCUT2D eigenvalue weighted by molar-refractivity contribution is 0.535. The number of nitrogens with one attached hydrogen (secondary N) is 1. The molecular weight excluding hydrogens is 238 g/mol. The van der Waals surface area contributed by atoms with Crippen LogP contribution in [0.2, 0.25) is 0 Å². The second kappa shape index (κ2) is 4.78. The summed E-state index contributed by atoms with van der Waals surface area (Å²) in [5, 5.41) is 3.38. The summed E-state index contributed by atoms with van der Waals surface area (Å²) in [7, 11) is 0. The normalized spacial score (nSPS) is 14.7. The average molecular weight is 257 g/mol. The first-order chi connectivity index (χ1) is 9.16. The van der Waals surface area contributed by atoms with Gasteiger partial charge in [0.2, 0.25) is 0 Å². The smallest absolute Gasteiger partial charge is 0.163 e. The molecule has 1 aliphatic heterocycles. The zero-order valence-corrected chi connectivity index (χ0v) is 11.7. The van der Waals surface area contributed by atoms with Crippen LogP contribution in [-0.2, 0) is 13.0 Å². The summed E-state index contributed by atoms with van der Waals surface area (Å²) in [6, 6.07) is 1.94. The molecule has 0 saturated heterocycles. The number of furan rings is 1. The van der Waals surface area contributed by atoms with Gasteiger partial charge in [-0.15, -0.1) is 0 Å². The summed E-state index contributed by atoms with van der Waals surface area (Å²) >= 11 is 0. The van der Waals surface area contributed by atoms with Gasteiger partial charge in [-0.05, 0) is 37.4 Å². The largest absolute Gasteiger partial charge is 0.469 e. The second-order valence-electron chi connectivity index (χ2n) is 5.33. The number of fused-ring (bicyclic) bond motifs is 1. The van der Waals surface area contributed by atoms with Gasteiger partial charge < -0.3 is 9.73 Å². The fourth-order valence-corrected chi connectivity index (χ4v) is 2.60. The second-order valence-corrected chi connectivity index (χ2v) is 5.33. The predicted octanol–water partition coefficient (Wildman–Crippen LogP) is 2.81. The molecule has 4 nitrogen and oxygen atoms in total. The molecule has 2 aromatic heterocycles. The van der Waals surface area contributed by atoms with Crippen LogP contribution < -0.4 is 5.32 Å². The number of hydrogen-bond acceptors (Lipinski definition) is 4. The van der Waals surface area contributed by atoms with E-state index in [-0.39, 0.29) is 0 Å². The van der Waals surface area contributed by atoms with Crippen molar-refractivity contribution in [3.63, 3.8) is 0 Å². The van der Waals surface area contributed by atoms with Crippen molar-refractivity contribution in [2.24, 2.45) is 0 Å². The molecule has 1 aliphatic rings. The van der Waals surface area contributed by atoms with E-state index in [0.29, 0.717) is 5.92 Å². The highest BCUT2D eigenvalue weighted by Gasteiger charge is 2.20. The van der Waals surface area contributed by atoms with E-state index < -0.39 is 0 Å². The monoisotopic (exact) mass is 257 g/mol. The molecule has 1 N–H and O–H groups in total. The number of nitrogens with zero attached hydrogens (tertiary/aromatic N) is 2. The molecule has 3 heterocycles. The van der Waals surface area contributed by atoms with E-state index in [1.54, 1.807) is 6.26 Å². The van der Waals surface area contributed by atoms with Crippen molar-refractivity contribution in [1.29, 1.82) is 0 Å². The lowest BCUT2D eigenvalue weighted by atomic mass is 9.97. The van der Waals surface area contributed by atoms with Crippen molar-refractivity contribution < 1.29 is 4.42 Å². The molecule has 4 heteroatoms. The van der Waals surface area contributed by atoms with E-state index in [2.05, 4.69) is 19.2 Å². The summed E-state index contributed by atoms with van der Waals surface area (Å²) in [4.78, 5) is 9.52. The first-order valence-corrected chi connectivity index (χ1v) is 6.81. The topological polar surface area (TPSA) is 51.0 Å². The molecular formula is C15H19N3O. The van der Waals surface area contributed by atoms with Gasteiger partial charge in [0, 0.05) is 6.54 Å². The maximum atomic E-state index is 5.37. The predicted molar refractivity (Wildman–Crippen MR) is 74.0 cm³/mol. The zero-order valence-electron chi connectivity index (χ0n) is 11.7. The molecule has 0 unspecified atom stereocenters. The lowest BCUT2D eigenvalue weighted by Crippen LogP contribution is -2.27. The van der Waals surface area contributed by atoms with Crippen molar-refractivity contribution in [1.82, 2.24) is 15.3 Å². The van der Waals surface area contributed by atoms with Crippen LogP contribution in [0.1, 0.15) is 42.5 Å². The number of hydrogen-bond donors (Lipinski definition) is 1. The van der Waals surface area contributed by atoms with Crippen molar-refractivity contribution in [3.8, 4) is 11.4 Å². The first kappa shape index (κ1) is 12.4. The van der Waals surface area contributed by atoms with Gasteiger partial charge in [0.25, 0.3) is 0 Å². The van der Waals surface area contributed by atoms with Gasteiger partial charge in [-0.25, -0.2) is 9.97 Å². The Kier molecular flexibility index (Phi) is 3.11. The van der Waals surface area contributed by atoms with Crippen molar-refractivity contribution >= 4 is 0 Å². The molecule has 0 aliphatic carbocycles. The molecule has 0 fully saturated rings. The van der Waals surface area contributed by atoms with E-state index in [9.17, 15) is 0 Å². The zero-order chi connectivity index (χ0) is 13.4. The quantitative estimate of drug-likeness (QED) is 0.898. The fraction of sp³-hybridized carbons (Fsp3) is 0.467. The Balaban J connectivity index is 2.17. The molecule has 0 bridgehead atoms. The van der Waals surface area contributed by atoms with E-state index in [0.717, 1.165) is 42.4 Å². The summed E-state index contributed by atoms with van der Waals surface area (Å²) in [5.74, 6) is 2.08. The number of aromatic nitrogens is 2. The van der Waals surface area contributed by atoms with E-state index in [4.69, 9.17) is 14.4 Å². The maximum Gasteiger partial charge on any atom is 0.163 e. The maximum absolute atomic E-state index is 5.37. The number of aryl methyl sites for hydroxylation is 1. The SMILES string of the molecule is Cc1occc1-c1nc2c(c(C(C)C)n1)CCNC2. The van der Waals surface area contributed by atoms with Crippen LogP contribution in [0.25, 0.3) is 11.4 Å². The van der Waals surface area contributed by atoms with Gasteiger partial charge in [-0.2, -0.15) is 0 Å². The van der Waals surface area contributed by atoms with Crippen LogP contribution in [0.15, 0.2) is 16.7 Å². The van der Waals surface area contributed by atoms with E-state index >= 15 is 0 Å². The molecule has 0 amide bonds. The minimum Gasteiger partial charge on any atom is -0.469 e. The Morgan fingerprint density at radius 1 is 1.32 bits per heavy atom. The number of rotatable bonds is 2. The van der Waals surface area contributed by atoms with Gasteiger partial charge in [0.15, 0.2) is 5.82 Å². The highest BCUT2D eigenvalue weighted by atomic mass is 16.3. The van der Waals surface area contributed by atoms with Crippen molar-refractivity contribution in [2.75, 3.05) is 6.54 Å². The Morgan fingerprint density at radius 2 is 2.16 bits per heavy atom. The highest BCUT2D eigenvalue weighted by molar-refractivity contribution is 5.58. The third kappa shape index (κ3) is 2.16. The molecule has 0 radical (unpaired) electrons. The summed E-state index contributed by atoms with van der Waals surface area (Å²) in [6.45, 7) is 8.18. The van der Waals surface area contributed by atoms with Gasteiger partial charge in [0.1, 0.15) is 5.76 Å². The van der Waals surface area contributed by atoms with Gasteiger partial charge >= 0.3 is 0 Å². The Morgan fingerprint density at radius 3 is 2.84 bits per heavy atom. The molecule has 19 heavy (non-hydrogen) atoms. The van der Waals surface area contributed by atoms with Crippen LogP contribution >= 0.6 is 0 Å². The summed E-state index contributed by atoms with van der Waals surface area (Å²) in [6.07, 6.45) is 2.72. The van der Waals surface area contributed by atoms with Crippen molar-refractivity contribution in [3.05, 3.63) is 35.0 Å². The standard InChI is InChI=1S/C15H19N3O/c1-9(2)14-12-4-6-16-8-13(12)17-15(18-14)11-5-7-19-10(11)3/h5,7,9,16H,4,6,8H2,1-3H3. The fourth-order valence-electron chi connectivity index (χ4n) is 2.60. The summed E-state index contributed by atoms with van der Waals surface area (Å²) in [5.41, 5.74) is 4.65. The Bertz CT molecular complexity index is 601. The molecule has 3 rings (SSSR count). The molecule has 0 spiro atoms. The third-order valence-electron chi connectivity index (χ3n) is 3.62. The lowest BCUT2D eigenvalue weighted by Gasteiger charge is -2.21. The van der Waals surface area contributed by atoms with Crippen LogP contribution in [0, 0.1) is 6.92 Å². The molecule has 0 atom stereocenters. The van der Waals surface area contributed by atoms with Crippen LogP contribution in [0.5, 0.6) is 0 Å². The highest BCUT2D eigenvalue weighted by Crippen LogP contribution is 2.27. The van der Waals surface area contributed by atoms with E-state index in [1.165, 1.54) is 11.3 Å². The minimum atomic E-state index is 0.417. The van der Waals surface area contributed by atoms with Gasteiger partial charge in [0.05, 0.1) is 23.2 Å². The Labute approximate surface area is 113 Å². The molecule has 2 aromatic rings. The molecule has 100 valence electrons. The van der Waals surface area contributed by atoms with Crippen LogP contribution in [0.3, 0.4) is 0 Å². The molecule has 0 saturated carbocycles. The first-order valence-electron chi connectivity index (χ1n) is 6.81. The minimum absolute atomic E-state index is 0.417. The Hall–Kier alpha value is -1.68. The van der Waals surface area contributed by atoms with Crippen molar-refractivity contribution in [2.45, 2.75) is 39.7 Å². The van der Waals surface area contributed by atoms with Crippen LogP contribution in [-0.4, -0.2) is 16.5 Å².